The van der Waals surface area contributed by atoms with E-state index in [1.165, 1.54) is 17.1 Å². The van der Waals surface area contributed by atoms with Gasteiger partial charge >= 0.3 is 5.69 Å². The van der Waals surface area contributed by atoms with E-state index in [0.717, 1.165) is 10.0 Å². The number of halogens is 1. The molecule has 10 heteroatoms. The molecular formula is C24H18BrN5O4. The summed E-state index contributed by atoms with van der Waals surface area (Å²) in [5, 5.41) is 19.5. The summed E-state index contributed by atoms with van der Waals surface area (Å²) in [6.07, 6.45) is 2.64. The van der Waals surface area contributed by atoms with Gasteiger partial charge in [0.25, 0.3) is 5.91 Å². The zero-order valence-electron chi connectivity index (χ0n) is 17.7. The molecule has 4 aromatic rings. The van der Waals surface area contributed by atoms with Crippen molar-refractivity contribution in [3.63, 3.8) is 0 Å². The first-order valence-corrected chi connectivity index (χ1v) is 10.9. The van der Waals surface area contributed by atoms with Gasteiger partial charge < -0.3 is 4.74 Å². The molecule has 0 saturated carbocycles. The van der Waals surface area contributed by atoms with Crippen LogP contribution in [0.1, 0.15) is 21.6 Å². The van der Waals surface area contributed by atoms with E-state index < -0.39 is 16.5 Å². The predicted molar refractivity (Wildman–Crippen MR) is 130 cm³/mol. The van der Waals surface area contributed by atoms with Crippen molar-refractivity contribution in [1.82, 2.24) is 15.2 Å². The van der Waals surface area contributed by atoms with Gasteiger partial charge in [-0.15, -0.1) is 0 Å². The Balaban J connectivity index is 1.44. The molecule has 3 aromatic carbocycles. The molecule has 1 heterocycles. The molecule has 170 valence electrons. The van der Waals surface area contributed by atoms with Crippen LogP contribution >= 0.6 is 15.9 Å². The smallest absolute Gasteiger partial charge is 0.320 e. The Morgan fingerprint density at radius 3 is 2.62 bits per heavy atom. The Bertz CT molecular complexity index is 1350. The third kappa shape index (κ3) is 5.93. The zero-order chi connectivity index (χ0) is 23.9. The number of rotatable bonds is 8. The van der Waals surface area contributed by atoms with E-state index in [1.54, 1.807) is 24.3 Å². The van der Waals surface area contributed by atoms with Crippen LogP contribution in [0, 0.1) is 10.1 Å². The second kappa shape index (κ2) is 10.5. The van der Waals surface area contributed by atoms with Gasteiger partial charge in [-0.3, -0.25) is 19.6 Å². The maximum absolute atomic E-state index is 12.6. The van der Waals surface area contributed by atoms with Crippen LogP contribution in [0.25, 0.3) is 0 Å². The summed E-state index contributed by atoms with van der Waals surface area (Å²) in [6.45, 7) is 0.269. The van der Waals surface area contributed by atoms with Crippen molar-refractivity contribution >= 4 is 33.7 Å². The number of hydrogen-bond donors (Lipinski definition) is 1. The Kier molecular flexibility index (Phi) is 7.09. The number of hydrazone groups is 1. The van der Waals surface area contributed by atoms with Crippen LogP contribution in [0.4, 0.5) is 5.69 Å². The molecular weight excluding hydrogens is 502 g/mol. The molecule has 1 N–H and O–H groups in total. The number of carbonyl (C=O) groups excluding carboxylic acids is 1. The molecule has 1 aromatic heterocycles. The van der Waals surface area contributed by atoms with E-state index in [-0.39, 0.29) is 12.2 Å². The van der Waals surface area contributed by atoms with Gasteiger partial charge in [0, 0.05) is 4.47 Å². The van der Waals surface area contributed by atoms with Crippen molar-refractivity contribution < 1.29 is 14.5 Å². The van der Waals surface area contributed by atoms with Crippen molar-refractivity contribution in [2.24, 2.45) is 5.10 Å². The van der Waals surface area contributed by atoms with E-state index in [0.29, 0.717) is 17.1 Å². The minimum absolute atomic E-state index is 0.269. The number of nitro groups is 1. The minimum Gasteiger partial charge on any atom is -0.457 e. The van der Waals surface area contributed by atoms with Crippen molar-refractivity contribution in [2.45, 2.75) is 6.54 Å². The number of aromatic nitrogens is 2. The summed E-state index contributed by atoms with van der Waals surface area (Å²) in [6, 6.07) is 23.9. The lowest BCUT2D eigenvalue weighted by atomic mass is 10.2. The highest BCUT2D eigenvalue weighted by molar-refractivity contribution is 9.10. The summed E-state index contributed by atoms with van der Waals surface area (Å²) in [5.41, 5.74) is 3.12. The molecule has 0 unspecified atom stereocenters. The highest BCUT2D eigenvalue weighted by atomic mass is 79.9. The van der Waals surface area contributed by atoms with Gasteiger partial charge in [-0.1, -0.05) is 58.4 Å². The van der Waals surface area contributed by atoms with Crippen LogP contribution in [0.15, 0.2) is 94.6 Å². The van der Waals surface area contributed by atoms with Crippen molar-refractivity contribution in [3.8, 4) is 11.5 Å². The highest BCUT2D eigenvalue weighted by Crippen LogP contribution is 2.21. The fourth-order valence-corrected chi connectivity index (χ4v) is 3.56. The van der Waals surface area contributed by atoms with E-state index in [2.05, 4.69) is 31.6 Å². The van der Waals surface area contributed by atoms with Gasteiger partial charge in [0.05, 0.1) is 17.7 Å². The van der Waals surface area contributed by atoms with Gasteiger partial charge in [-0.05, 0) is 47.5 Å². The molecule has 9 nitrogen and oxygen atoms in total. The Morgan fingerprint density at radius 1 is 1.09 bits per heavy atom. The van der Waals surface area contributed by atoms with Crippen LogP contribution in [0.2, 0.25) is 0 Å². The fourth-order valence-electron chi connectivity index (χ4n) is 3.11. The number of hydrogen-bond acceptors (Lipinski definition) is 6. The van der Waals surface area contributed by atoms with Crippen LogP contribution in [-0.4, -0.2) is 26.8 Å². The average molecular weight is 520 g/mol. The lowest BCUT2D eigenvalue weighted by Crippen LogP contribution is -2.19. The number of benzene rings is 3. The van der Waals surface area contributed by atoms with Gasteiger partial charge in [0.2, 0.25) is 5.69 Å². The SMILES string of the molecule is O=C(NN=Cc1cccc(Oc2ccccc2)c1)c1nn(Cc2cccc(Br)c2)cc1[N+](=O)[O-]. The normalized spacial score (nSPS) is 10.9. The largest absolute Gasteiger partial charge is 0.457 e. The molecule has 0 atom stereocenters. The third-order valence-corrected chi connectivity index (χ3v) is 5.10. The van der Waals surface area contributed by atoms with E-state index in [4.69, 9.17) is 4.74 Å². The molecule has 34 heavy (non-hydrogen) atoms. The standard InChI is InChI=1S/C24H18BrN5O4/c25-19-8-4-7-18(12-19)15-29-16-22(30(32)33)23(28-29)24(31)27-26-14-17-6-5-11-21(13-17)34-20-9-2-1-3-10-20/h1-14,16H,15H2,(H,27,31). The molecule has 0 aliphatic heterocycles. The lowest BCUT2D eigenvalue weighted by Gasteiger charge is -2.05. The first kappa shape index (κ1) is 22.9. The first-order chi connectivity index (χ1) is 16.5. The van der Waals surface area contributed by atoms with E-state index in [9.17, 15) is 14.9 Å². The molecule has 0 saturated heterocycles. The number of carbonyl (C=O) groups is 1. The fraction of sp³-hybridized carbons (Fsp3) is 0.0417. The third-order valence-electron chi connectivity index (χ3n) is 4.60. The van der Waals surface area contributed by atoms with E-state index >= 15 is 0 Å². The summed E-state index contributed by atoms with van der Waals surface area (Å²) in [7, 11) is 0. The van der Waals surface area contributed by atoms with Gasteiger partial charge in [0.15, 0.2) is 0 Å². The van der Waals surface area contributed by atoms with Crippen molar-refractivity contribution in [2.75, 3.05) is 0 Å². The molecule has 0 bridgehead atoms. The van der Waals surface area contributed by atoms with Crippen molar-refractivity contribution in [3.05, 3.63) is 116 Å². The number of ether oxygens (including phenoxy) is 1. The van der Waals surface area contributed by atoms with Crippen LogP contribution < -0.4 is 10.2 Å². The summed E-state index contributed by atoms with van der Waals surface area (Å²) in [4.78, 5) is 23.3. The summed E-state index contributed by atoms with van der Waals surface area (Å²) >= 11 is 3.38. The minimum atomic E-state index is -0.785. The van der Waals surface area contributed by atoms with Crippen LogP contribution in [-0.2, 0) is 6.54 Å². The second-order valence-corrected chi connectivity index (χ2v) is 8.05. The summed E-state index contributed by atoms with van der Waals surface area (Å²) < 4.78 is 8.00. The molecule has 0 fully saturated rings. The molecule has 0 aliphatic carbocycles. The average Bonchev–Trinajstić information content (AvgIpc) is 3.24. The molecule has 0 aliphatic rings. The molecule has 4 rings (SSSR count). The maximum Gasteiger partial charge on any atom is 0.320 e. The Hall–Kier alpha value is -4.31. The topological polar surface area (TPSA) is 112 Å². The quantitative estimate of drug-likeness (QED) is 0.196. The molecule has 1 amide bonds. The second-order valence-electron chi connectivity index (χ2n) is 7.13. The number of nitrogens with zero attached hydrogens (tertiary/aromatic N) is 4. The highest BCUT2D eigenvalue weighted by Gasteiger charge is 2.25. The summed E-state index contributed by atoms with van der Waals surface area (Å²) in [5.74, 6) is 0.506. The van der Waals surface area contributed by atoms with Crippen molar-refractivity contribution in [1.29, 1.82) is 0 Å². The predicted octanol–water partition coefficient (Wildman–Crippen LogP) is 5.16. The number of nitrogens with one attached hydrogen (secondary N) is 1. The first-order valence-electron chi connectivity index (χ1n) is 10.1. The van der Waals surface area contributed by atoms with Gasteiger partial charge in [0.1, 0.15) is 17.7 Å². The number of para-hydroxylation sites is 1. The number of amides is 1. The zero-order valence-corrected chi connectivity index (χ0v) is 19.3. The van der Waals surface area contributed by atoms with E-state index in [1.807, 2.05) is 54.6 Å². The Morgan fingerprint density at radius 2 is 1.85 bits per heavy atom. The molecule has 0 spiro atoms. The van der Waals surface area contributed by atoms with Crippen LogP contribution in [0.5, 0.6) is 11.5 Å². The maximum atomic E-state index is 12.6. The lowest BCUT2D eigenvalue weighted by molar-refractivity contribution is -0.385. The monoisotopic (exact) mass is 519 g/mol. The van der Waals surface area contributed by atoms with Crippen LogP contribution in [0.3, 0.4) is 0 Å². The van der Waals surface area contributed by atoms with Gasteiger partial charge in [-0.2, -0.15) is 10.2 Å². The van der Waals surface area contributed by atoms with Gasteiger partial charge in [-0.25, -0.2) is 5.43 Å². The Labute approximate surface area is 203 Å². The molecule has 0 radical (unpaired) electrons.